The summed E-state index contributed by atoms with van der Waals surface area (Å²) in [4.78, 5) is 15.9. The number of pyridine rings is 1. The van der Waals surface area contributed by atoms with Gasteiger partial charge in [-0.2, -0.15) is 5.10 Å². The zero-order valence-corrected chi connectivity index (χ0v) is 10.8. The Balaban J connectivity index is 2.37. The fourth-order valence-electron chi connectivity index (χ4n) is 1.83. The summed E-state index contributed by atoms with van der Waals surface area (Å²) in [5.74, 6) is 0. The molecule has 0 atom stereocenters. The Morgan fingerprint density at radius 2 is 2.06 bits per heavy atom. The van der Waals surface area contributed by atoms with Gasteiger partial charge in [0.1, 0.15) is 11.2 Å². The summed E-state index contributed by atoms with van der Waals surface area (Å²) < 4.78 is 0.956. The molecule has 0 aliphatic carbocycles. The lowest BCUT2D eigenvalue weighted by molar-refractivity contribution is 1.01. The number of halogens is 1. The van der Waals surface area contributed by atoms with Gasteiger partial charge in [-0.3, -0.25) is 9.78 Å². The van der Waals surface area contributed by atoms with Crippen molar-refractivity contribution < 1.29 is 0 Å². The lowest BCUT2D eigenvalue weighted by Gasteiger charge is -2.04. The Kier molecular flexibility index (Phi) is 2.68. The van der Waals surface area contributed by atoms with Crippen molar-refractivity contribution in [3.63, 3.8) is 0 Å². The fraction of sp³-hybridized carbons (Fsp3) is 0. The second-order valence-corrected chi connectivity index (χ2v) is 4.73. The first-order valence-corrected chi connectivity index (χ1v) is 6.14. The van der Waals surface area contributed by atoms with Crippen LogP contribution in [0.1, 0.15) is 0 Å². The molecule has 5 heteroatoms. The van der Waals surface area contributed by atoms with Crippen LogP contribution < -0.4 is 5.56 Å². The molecule has 0 spiro atoms. The number of aromatic nitrogens is 3. The maximum atomic E-state index is 11.7. The van der Waals surface area contributed by atoms with Crippen LogP contribution in [-0.4, -0.2) is 15.2 Å². The van der Waals surface area contributed by atoms with Gasteiger partial charge in [0, 0.05) is 16.2 Å². The van der Waals surface area contributed by atoms with Crippen LogP contribution >= 0.6 is 15.9 Å². The Bertz CT molecular complexity index is 782. The molecule has 0 saturated heterocycles. The van der Waals surface area contributed by atoms with E-state index in [4.69, 9.17) is 0 Å². The summed E-state index contributed by atoms with van der Waals surface area (Å²) >= 11 is 3.42. The van der Waals surface area contributed by atoms with Crippen LogP contribution in [0.3, 0.4) is 0 Å². The zero-order chi connectivity index (χ0) is 12.5. The SMILES string of the molecule is O=c1[nH]nc(-c2cccc(Br)c2)c2ncccc12. The van der Waals surface area contributed by atoms with Crippen LogP contribution in [0.25, 0.3) is 22.2 Å². The molecule has 0 radical (unpaired) electrons. The molecule has 18 heavy (non-hydrogen) atoms. The van der Waals surface area contributed by atoms with Crippen molar-refractivity contribution in [1.29, 1.82) is 0 Å². The van der Waals surface area contributed by atoms with Crippen molar-refractivity contribution in [2.45, 2.75) is 0 Å². The van der Waals surface area contributed by atoms with Gasteiger partial charge in [0.05, 0.1) is 5.39 Å². The van der Waals surface area contributed by atoms with Crippen molar-refractivity contribution in [2.75, 3.05) is 0 Å². The Labute approximate surface area is 111 Å². The van der Waals surface area contributed by atoms with E-state index >= 15 is 0 Å². The molecule has 0 saturated carbocycles. The van der Waals surface area contributed by atoms with Crippen molar-refractivity contribution >= 4 is 26.8 Å². The highest BCUT2D eigenvalue weighted by Crippen LogP contribution is 2.24. The number of nitrogens with zero attached hydrogens (tertiary/aromatic N) is 2. The summed E-state index contributed by atoms with van der Waals surface area (Å²) in [6.45, 7) is 0. The van der Waals surface area contributed by atoms with Gasteiger partial charge in [0.15, 0.2) is 0 Å². The first-order valence-electron chi connectivity index (χ1n) is 5.35. The quantitative estimate of drug-likeness (QED) is 0.752. The third kappa shape index (κ3) is 1.82. The lowest BCUT2D eigenvalue weighted by atomic mass is 10.1. The molecule has 88 valence electrons. The number of aromatic amines is 1. The molecular formula is C13H8BrN3O. The molecule has 1 aromatic carbocycles. The predicted molar refractivity (Wildman–Crippen MR) is 73.3 cm³/mol. The van der Waals surface area contributed by atoms with Crippen molar-refractivity contribution in [3.8, 4) is 11.3 Å². The van der Waals surface area contributed by atoms with Crippen molar-refractivity contribution in [1.82, 2.24) is 15.2 Å². The van der Waals surface area contributed by atoms with Crippen LogP contribution in [0.4, 0.5) is 0 Å². The molecule has 3 rings (SSSR count). The van der Waals surface area contributed by atoms with Gasteiger partial charge in [-0.1, -0.05) is 28.1 Å². The summed E-state index contributed by atoms with van der Waals surface area (Å²) in [6, 6.07) is 11.2. The molecule has 4 nitrogen and oxygen atoms in total. The van der Waals surface area contributed by atoms with Gasteiger partial charge in [-0.25, -0.2) is 5.10 Å². The first kappa shape index (κ1) is 11.1. The highest BCUT2D eigenvalue weighted by molar-refractivity contribution is 9.10. The third-order valence-electron chi connectivity index (χ3n) is 2.64. The highest BCUT2D eigenvalue weighted by atomic mass is 79.9. The lowest BCUT2D eigenvalue weighted by Crippen LogP contribution is -2.10. The molecule has 0 fully saturated rings. The molecule has 0 bridgehead atoms. The zero-order valence-electron chi connectivity index (χ0n) is 9.22. The maximum absolute atomic E-state index is 11.7. The van der Waals surface area contributed by atoms with E-state index in [1.807, 2.05) is 24.3 Å². The largest absolute Gasteiger partial charge is 0.273 e. The summed E-state index contributed by atoms with van der Waals surface area (Å²) in [6.07, 6.45) is 1.66. The van der Waals surface area contributed by atoms with E-state index in [-0.39, 0.29) is 5.56 Å². The van der Waals surface area contributed by atoms with Gasteiger partial charge in [0.25, 0.3) is 5.56 Å². The number of hydrogen-bond acceptors (Lipinski definition) is 3. The van der Waals surface area contributed by atoms with Gasteiger partial charge >= 0.3 is 0 Å². The minimum absolute atomic E-state index is 0.225. The number of nitrogens with one attached hydrogen (secondary N) is 1. The second-order valence-electron chi connectivity index (χ2n) is 3.81. The predicted octanol–water partition coefficient (Wildman–Crippen LogP) is 2.75. The summed E-state index contributed by atoms with van der Waals surface area (Å²) in [5.41, 5.74) is 1.96. The number of H-pyrrole nitrogens is 1. The normalized spacial score (nSPS) is 10.7. The monoisotopic (exact) mass is 301 g/mol. The Hall–Kier alpha value is -2.01. The molecule has 2 aromatic heterocycles. The number of fused-ring (bicyclic) bond motifs is 1. The second kappa shape index (κ2) is 4.34. The van der Waals surface area contributed by atoms with Crippen molar-refractivity contribution in [3.05, 3.63) is 57.4 Å². The van der Waals surface area contributed by atoms with Crippen LogP contribution in [0.2, 0.25) is 0 Å². The third-order valence-corrected chi connectivity index (χ3v) is 3.14. The van der Waals surface area contributed by atoms with Crippen LogP contribution in [0, 0.1) is 0 Å². The van der Waals surface area contributed by atoms with Crippen molar-refractivity contribution in [2.24, 2.45) is 0 Å². The van der Waals surface area contributed by atoms with Crippen LogP contribution in [-0.2, 0) is 0 Å². The molecule has 0 unspecified atom stereocenters. The van der Waals surface area contributed by atoms with E-state index < -0.39 is 0 Å². The van der Waals surface area contributed by atoms with E-state index in [1.54, 1.807) is 18.3 Å². The Morgan fingerprint density at radius 1 is 1.17 bits per heavy atom. The average Bonchev–Trinajstić information content (AvgIpc) is 2.39. The van der Waals surface area contributed by atoms with Gasteiger partial charge in [-0.15, -0.1) is 0 Å². The topological polar surface area (TPSA) is 58.6 Å². The fourth-order valence-corrected chi connectivity index (χ4v) is 2.23. The van der Waals surface area contributed by atoms with E-state index in [0.717, 1.165) is 10.0 Å². The van der Waals surface area contributed by atoms with Gasteiger partial charge in [0.2, 0.25) is 0 Å². The molecule has 3 aromatic rings. The standard InChI is InChI=1S/C13H8BrN3O/c14-9-4-1-3-8(7-9)11-12-10(5-2-6-15-12)13(18)17-16-11/h1-7H,(H,17,18). The van der Waals surface area contributed by atoms with E-state index in [9.17, 15) is 4.79 Å². The molecule has 1 N–H and O–H groups in total. The molecule has 0 amide bonds. The van der Waals surface area contributed by atoms with Crippen LogP contribution in [0.5, 0.6) is 0 Å². The minimum Gasteiger partial charge on any atom is -0.267 e. The molecule has 2 heterocycles. The summed E-state index contributed by atoms with van der Waals surface area (Å²) in [5, 5.41) is 7.14. The molecule has 0 aliphatic rings. The highest BCUT2D eigenvalue weighted by Gasteiger charge is 2.09. The van der Waals surface area contributed by atoms with E-state index in [2.05, 4.69) is 31.1 Å². The smallest absolute Gasteiger partial charge is 0.267 e. The number of hydrogen-bond donors (Lipinski definition) is 1. The van der Waals surface area contributed by atoms with E-state index in [1.165, 1.54) is 0 Å². The van der Waals surface area contributed by atoms with Gasteiger partial charge < -0.3 is 0 Å². The van der Waals surface area contributed by atoms with E-state index in [0.29, 0.717) is 16.6 Å². The molecular weight excluding hydrogens is 294 g/mol. The minimum atomic E-state index is -0.225. The van der Waals surface area contributed by atoms with Crippen LogP contribution in [0.15, 0.2) is 51.9 Å². The average molecular weight is 302 g/mol. The van der Waals surface area contributed by atoms with Gasteiger partial charge in [-0.05, 0) is 24.3 Å². The number of rotatable bonds is 1. The first-order chi connectivity index (χ1) is 8.75. The number of benzene rings is 1. The summed E-state index contributed by atoms with van der Waals surface area (Å²) in [7, 11) is 0. The Morgan fingerprint density at radius 3 is 2.89 bits per heavy atom. The molecule has 0 aliphatic heterocycles. The maximum Gasteiger partial charge on any atom is 0.273 e.